The van der Waals surface area contributed by atoms with E-state index in [1.54, 1.807) is 0 Å². The predicted octanol–water partition coefficient (Wildman–Crippen LogP) is -1.95. The summed E-state index contributed by atoms with van der Waals surface area (Å²) in [4.78, 5) is 0. The molecule has 0 bridgehead atoms. The van der Waals surface area contributed by atoms with Gasteiger partial charge in [0.25, 0.3) is 0 Å². The first-order valence-electron chi connectivity index (χ1n) is 3.54. The minimum absolute atomic E-state index is 0. The Labute approximate surface area is 102 Å². The van der Waals surface area contributed by atoms with Gasteiger partial charge in [-0.05, 0) is 0 Å². The molecule has 1 aliphatic rings. The molecule has 0 aromatic rings. The van der Waals surface area contributed by atoms with Crippen molar-refractivity contribution in [1.29, 1.82) is 0 Å². The fourth-order valence-electron chi connectivity index (χ4n) is 1.07. The first kappa shape index (κ1) is 14.3. The van der Waals surface area contributed by atoms with Crippen LogP contribution in [-0.4, -0.2) is 55.2 Å². The number of aliphatic hydroxyl groups excluding tert-OH is 4. The number of hydrogen-bond acceptors (Lipinski definition) is 6. The van der Waals surface area contributed by atoms with Crippen LogP contribution in [0.3, 0.4) is 0 Å². The van der Waals surface area contributed by atoms with Crippen molar-refractivity contribution in [3.8, 4) is 0 Å². The molecule has 13 heavy (non-hydrogen) atoms. The van der Waals surface area contributed by atoms with Crippen LogP contribution in [0.2, 0.25) is 0 Å². The molecule has 5 unspecified atom stereocenters. The van der Waals surface area contributed by atoms with E-state index < -0.39 is 28.1 Å². The maximum atomic E-state index is 9.29. The van der Waals surface area contributed by atoms with E-state index in [0.717, 1.165) is 11.8 Å². The molecule has 1 heterocycles. The van der Waals surface area contributed by atoms with Gasteiger partial charge in [0, 0.05) is 0 Å². The molecule has 0 aromatic carbocycles. The first-order chi connectivity index (χ1) is 5.57. The van der Waals surface area contributed by atoms with Crippen LogP contribution in [0, 0.1) is 0 Å². The monoisotopic (exact) mass is 408 g/mol. The van der Waals surface area contributed by atoms with Gasteiger partial charge in [0.05, 0.1) is 24.1 Å². The van der Waals surface area contributed by atoms with Gasteiger partial charge in [-0.1, -0.05) is 4.58 Å². The first-order valence-corrected chi connectivity index (χ1v) is 4.95. The molecule has 1 saturated heterocycles. The van der Waals surface area contributed by atoms with Gasteiger partial charge in [-0.25, -0.2) is 0 Å². The molecule has 82 valence electrons. The molecule has 1 aliphatic heterocycles. The van der Waals surface area contributed by atoms with Crippen molar-refractivity contribution in [2.45, 2.75) is 28.1 Å². The van der Waals surface area contributed by atoms with Crippen molar-refractivity contribution in [1.82, 2.24) is 0 Å². The summed E-state index contributed by atoms with van der Waals surface area (Å²) >= 11 is 5.93. The topological polar surface area (TPSA) is 80.9 Å². The van der Waals surface area contributed by atoms with E-state index in [1.807, 2.05) is 0 Å². The Kier molecular flexibility index (Phi) is 6.58. The Morgan fingerprint density at radius 2 is 1.62 bits per heavy atom. The van der Waals surface area contributed by atoms with Gasteiger partial charge < -0.3 is 33.1 Å². The summed E-state index contributed by atoms with van der Waals surface area (Å²) in [6.45, 7) is -0.247. The summed E-state index contributed by atoms with van der Waals surface area (Å²) < 4.78 is -0.569. The predicted molar refractivity (Wildman–Crippen MR) is 47.6 cm³/mol. The Morgan fingerprint density at radius 1 is 1.08 bits per heavy atom. The molecular formula is C6H11AuO4S2. The maximum absolute atomic E-state index is 9.29. The van der Waals surface area contributed by atoms with Gasteiger partial charge in [0.2, 0.25) is 0 Å². The van der Waals surface area contributed by atoms with Gasteiger partial charge in [-0.3, -0.25) is 0 Å². The zero-order valence-electron chi connectivity index (χ0n) is 6.50. The van der Waals surface area contributed by atoms with Crippen LogP contribution in [0.25, 0.3) is 0 Å². The molecule has 1 rings (SSSR count). The summed E-state index contributed by atoms with van der Waals surface area (Å²) in [6, 6.07) is 0. The van der Waals surface area contributed by atoms with Crippen LogP contribution < -0.4 is 0 Å². The average molecular weight is 408 g/mol. The smallest absolute Gasteiger partial charge is 0.776 e. The summed E-state index contributed by atoms with van der Waals surface area (Å²) in [7, 11) is 0. The standard InChI is InChI=1S/C6H12O4S2.Au/c7-1-2-3(8)4(9)5(10)6(11)12-2;/h2-11H,1H2;/q;+1/p-1. The van der Waals surface area contributed by atoms with Crippen molar-refractivity contribution in [2.24, 2.45) is 0 Å². The van der Waals surface area contributed by atoms with Crippen LogP contribution in [0.15, 0.2) is 0 Å². The minimum Gasteiger partial charge on any atom is -0.776 e. The third kappa shape index (κ3) is 3.12. The second-order valence-electron chi connectivity index (χ2n) is 2.70. The van der Waals surface area contributed by atoms with E-state index in [9.17, 15) is 15.3 Å². The van der Waals surface area contributed by atoms with Crippen LogP contribution in [0.1, 0.15) is 0 Å². The fourth-order valence-corrected chi connectivity index (χ4v) is 2.73. The van der Waals surface area contributed by atoms with Crippen molar-refractivity contribution in [2.75, 3.05) is 6.61 Å². The van der Waals surface area contributed by atoms with E-state index in [2.05, 4.69) is 0 Å². The Balaban J connectivity index is 0.00000144. The number of hydrogen-bond donors (Lipinski definition) is 4. The summed E-state index contributed by atoms with van der Waals surface area (Å²) in [6.07, 6.45) is -3.44. The molecule has 4 N–H and O–H groups in total. The minimum atomic E-state index is -1.24. The molecule has 0 aromatic heterocycles. The molecule has 0 aliphatic carbocycles. The van der Waals surface area contributed by atoms with E-state index in [1.165, 1.54) is 0 Å². The summed E-state index contributed by atoms with van der Waals surface area (Å²) in [5.74, 6) is 0. The van der Waals surface area contributed by atoms with E-state index in [0.29, 0.717) is 0 Å². The van der Waals surface area contributed by atoms with Gasteiger partial charge in [0.1, 0.15) is 6.10 Å². The van der Waals surface area contributed by atoms with Crippen molar-refractivity contribution < 1.29 is 42.8 Å². The zero-order chi connectivity index (χ0) is 9.30. The maximum Gasteiger partial charge on any atom is 1.00 e. The number of rotatable bonds is 1. The van der Waals surface area contributed by atoms with E-state index in [-0.39, 0.29) is 29.0 Å². The van der Waals surface area contributed by atoms with Crippen LogP contribution in [0.5, 0.6) is 0 Å². The summed E-state index contributed by atoms with van der Waals surface area (Å²) in [5.41, 5.74) is 0. The molecule has 0 saturated carbocycles. The largest absolute Gasteiger partial charge is 1.00 e. The Hall–Kier alpha value is 1.28. The quantitative estimate of drug-likeness (QED) is 0.299. The van der Waals surface area contributed by atoms with Crippen LogP contribution in [-0.2, 0) is 35.0 Å². The Morgan fingerprint density at radius 3 is 2.08 bits per heavy atom. The van der Waals surface area contributed by atoms with Crippen LogP contribution >= 0.6 is 11.8 Å². The molecule has 0 radical (unpaired) electrons. The van der Waals surface area contributed by atoms with Crippen LogP contribution in [0.4, 0.5) is 0 Å². The van der Waals surface area contributed by atoms with Crippen molar-refractivity contribution >= 4 is 24.4 Å². The van der Waals surface area contributed by atoms with Gasteiger partial charge in [-0.15, -0.1) is 0 Å². The molecule has 7 heteroatoms. The molecule has 1 fully saturated rings. The number of thioether (sulfide) groups is 1. The van der Waals surface area contributed by atoms with Crippen molar-refractivity contribution in [3.63, 3.8) is 0 Å². The fraction of sp³-hybridized carbons (Fsp3) is 1.00. The molecule has 4 nitrogen and oxygen atoms in total. The molecule has 5 atom stereocenters. The van der Waals surface area contributed by atoms with Crippen molar-refractivity contribution in [3.05, 3.63) is 0 Å². The SMILES string of the molecule is OCC1SC([S-])C(O)C(O)C1O.[Au+]. The van der Waals surface area contributed by atoms with E-state index in [4.69, 9.17) is 17.7 Å². The Bertz CT molecular complexity index is 157. The third-order valence-electron chi connectivity index (χ3n) is 1.85. The molecular weight excluding hydrogens is 397 g/mol. The van der Waals surface area contributed by atoms with Gasteiger partial charge in [-0.2, -0.15) is 11.8 Å². The summed E-state index contributed by atoms with van der Waals surface area (Å²) in [5, 5.41) is 36.0. The second kappa shape index (κ2) is 5.99. The normalized spacial score (nSPS) is 45.5. The van der Waals surface area contributed by atoms with E-state index >= 15 is 0 Å². The number of aliphatic hydroxyl groups is 4. The average Bonchev–Trinajstić information content (AvgIpc) is 2.08. The molecule has 0 spiro atoms. The molecule has 0 amide bonds. The van der Waals surface area contributed by atoms with Gasteiger partial charge >= 0.3 is 22.4 Å². The third-order valence-corrected chi connectivity index (χ3v) is 3.79. The zero-order valence-corrected chi connectivity index (χ0v) is 10.3. The van der Waals surface area contributed by atoms with Gasteiger partial charge in [0.15, 0.2) is 0 Å². The second-order valence-corrected chi connectivity index (χ2v) is 4.89.